The molecular formula is C13H15NO2S. The normalized spacial score (nSPS) is 27.5. The van der Waals surface area contributed by atoms with Crippen LogP contribution in [-0.4, -0.2) is 19.9 Å². The number of nitrogens with zero attached hydrogens (tertiary/aromatic N) is 1. The quantitative estimate of drug-likeness (QED) is 0.822. The number of nitriles is 1. The monoisotopic (exact) mass is 249 g/mol. The Morgan fingerprint density at radius 3 is 2.24 bits per heavy atom. The molecule has 1 fully saturated rings. The van der Waals surface area contributed by atoms with E-state index in [1.807, 2.05) is 24.3 Å². The van der Waals surface area contributed by atoms with Gasteiger partial charge in [0, 0.05) is 12.2 Å². The summed E-state index contributed by atoms with van der Waals surface area (Å²) in [6.45, 7) is 2.07. The fourth-order valence-corrected chi connectivity index (χ4v) is 3.87. The van der Waals surface area contributed by atoms with E-state index >= 15 is 0 Å². The van der Waals surface area contributed by atoms with Gasteiger partial charge in [0.1, 0.15) is 0 Å². The van der Waals surface area contributed by atoms with Crippen molar-refractivity contribution in [2.45, 2.75) is 24.5 Å². The Labute approximate surface area is 102 Å². The third kappa shape index (κ3) is 2.20. The maximum absolute atomic E-state index is 11.5. The summed E-state index contributed by atoms with van der Waals surface area (Å²) in [6.07, 6.45) is 2.17. The van der Waals surface area contributed by atoms with Crippen molar-refractivity contribution in [2.75, 3.05) is 6.26 Å². The smallest absolute Gasteiger partial charge is 0.152 e. The number of aryl methyl sites for hydroxylation is 1. The van der Waals surface area contributed by atoms with Gasteiger partial charge >= 0.3 is 0 Å². The molecule has 3 atom stereocenters. The van der Waals surface area contributed by atoms with Gasteiger partial charge in [-0.1, -0.05) is 31.2 Å². The van der Waals surface area contributed by atoms with Crippen molar-refractivity contribution in [3.05, 3.63) is 35.4 Å². The van der Waals surface area contributed by atoms with Crippen LogP contribution in [0.3, 0.4) is 0 Å². The Balaban J connectivity index is 2.27. The fourth-order valence-electron chi connectivity index (χ4n) is 2.34. The average molecular weight is 249 g/mol. The predicted octanol–water partition coefficient (Wildman–Crippen LogP) is 1.90. The second-order valence-corrected chi connectivity index (χ2v) is 6.77. The lowest BCUT2D eigenvalue weighted by atomic mass is 10.1. The number of hydrogen-bond acceptors (Lipinski definition) is 3. The molecule has 0 N–H and O–H groups in total. The summed E-state index contributed by atoms with van der Waals surface area (Å²) in [5, 5.41) is 8.44. The van der Waals surface area contributed by atoms with E-state index in [0.717, 1.165) is 12.0 Å². The first kappa shape index (κ1) is 12.1. The standard InChI is InChI=1S/C13H15NO2S/c1-3-9-4-6-10(7-5-9)12-11(8-14)13(12)17(2,15)16/h4-7,11-13H,3H2,1-2H3/t11-,12+,13-/m0/s1. The van der Waals surface area contributed by atoms with Gasteiger partial charge in [0.15, 0.2) is 9.84 Å². The van der Waals surface area contributed by atoms with Crippen LogP contribution in [0.25, 0.3) is 0 Å². The van der Waals surface area contributed by atoms with Gasteiger partial charge < -0.3 is 0 Å². The molecule has 0 heterocycles. The molecule has 1 aliphatic carbocycles. The number of rotatable bonds is 3. The Morgan fingerprint density at radius 1 is 1.29 bits per heavy atom. The molecule has 0 spiro atoms. The molecular weight excluding hydrogens is 234 g/mol. The van der Waals surface area contributed by atoms with Crippen LogP contribution in [0.2, 0.25) is 0 Å². The van der Waals surface area contributed by atoms with Crippen LogP contribution in [0.4, 0.5) is 0 Å². The number of sulfone groups is 1. The SMILES string of the molecule is CCc1ccc([C@@H]2[C@H](C#N)[C@@H]2S(C)(=O)=O)cc1. The maximum Gasteiger partial charge on any atom is 0.152 e. The molecule has 1 aliphatic rings. The van der Waals surface area contributed by atoms with Crippen molar-refractivity contribution in [2.24, 2.45) is 5.92 Å². The van der Waals surface area contributed by atoms with Crippen LogP contribution in [0.1, 0.15) is 24.0 Å². The molecule has 0 aromatic heterocycles. The van der Waals surface area contributed by atoms with Gasteiger partial charge in [-0.3, -0.25) is 0 Å². The Morgan fingerprint density at radius 2 is 1.88 bits per heavy atom. The van der Waals surface area contributed by atoms with E-state index in [1.54, 1.807) is 0 Å². The minimum atomic E-state index is -3.13. The number of hydrogen-bond donors (Lipinski definition) is 0. The first-order chi connectivity index (χ1) is 7.99. The fraction of sp³-hybridized carbons (Fsp3) is 0.462. The van der Waals surface area contributed by atoms with Crippen LogP contribution >= 0.6 is 0 Å². The summed E-state index contributed by atoms with van der Waals surface area (Å²) >= 11 is 0. The molecule has 90 valence electrons. The third-order valence-corrected chi connectivity index (χ3v) is 4.95. The molecule has 4 heteroatoms. The highest BCUT2D eigenvalue weighted by Crippen LogP contribution is 2.51. The summed E-state index contributed by atoms with van der Waals surface area (Å²) in [4.78, 5) is 0. The molecule has 1 saturated carbocycles. The van der Waals surface area contributed by atoms with Gasteiger partial charge in [-0.2, -0.15) is 5.26 Å². The van der Waals surface area contributed by atoms with Gasteiger partial charge in [0.05, 0.1) is 17.2 Å². The lowest BCUT2D eigenvalue weighted by Crippen LogP contribution is -2.06. The zero-order valence-corrected chi connectivity index (χ0v) is 10.7. The Bertz CT molecular complexity index is 554. The second-order valence-electron chi connectivity index (χ2n) is 4.57. The molecule has 0 amide bonds. The van der Waals surface area contributed by atoms with Crippen LogP contribution in [-0.2, 0) is 16.3 Å². The largest absolute Gasteiger partial charge is 0.229 e. The van der Waals surface area contributed by atoms with E-state index in [0.29, 0.717) is 0 Å². The third-order valence-electron chi connectivity index (χ3n) is 3.37. The molecule has 1 aromatic rings. The van der Waals surface area contributed by atoms with Crippen LogP contribution in [0.5, 0.6) is 0 Å². The van der Waals surface area contributed by atoms with Gasteiger partial charge in [0.2, 0.25) is 0 Å². The maximum atomic E-state index is 11.5. The summed E-state index contributed by atoms with van der Waals surface area (Å²) in [5.41, 5.74) is 2.18. The summed E-state index contributed by atoms with van der Waals surface area (Å²) in [6, 6.07) is 9.98. The molecule has 17 heavy (non-hydrogen) atoms. The van der Waals surface area contributed by atoms with Crippen molar-refractivity contribution in [1.82, 2.24) is 0 Å². The minimum absolute atomic E-state index is 0.138. The first-order valence-electron chi connectivity index (χ1n) is 5.66. The summed E-state index contributed by atoms with van der Waals surface area (Å²) in [5.74, 6) is -0.515. The molecule has 2 rings (SSSR count). The zero-order chi connectivity index (χ0) is 12.6. The lowest BCUT2D eigenvalue weighted by Gasteiger charge is -2.01. The van der Waals surface area contributed by atoms with E-state index < -0.39 is 15.1 Å². The van der Waals surface area contributed by atoms with Crippen molar-refractivity contribution in [3.8, 4) is 6.07 Å². The van der Waals surface area contributed by atoms with E-state index in [9.17, 15) is 8.42 Å². The van der Waals surface area contributed by atoms with Crippen LogP contribution in [0.15, 0.2) is 24.3 Å². The van der Waals surface area contributed by atoms with Crippen molar-refractivity contribution in [3.63, 3.8) is 0 Å². The summed E-state index contributed by atoms with van der Waals surface area (Å²) < 4.78 is 23.0. The highest BCUT2D eigenvalue weighted by molar-refractivity contribution is 7.91. The Kier molecular flexibility index (Phi) is 2.96. The van der Waals surface area contributed by atoms with Crippen LogP contribution < -0.4 is 0 Å². The van der Waals surface area contributed by atoms with Gasteiger partial charge in [-0.05, 0) is 17.5 Å². The molecule has 0 bridgehead atoms. The molecule has 3 nitrogen and oxygen atoms in total. The lowest BCUT2D eigenvalue weighted by molar-refractivity contribution is 0.599. The van der Waals surface area contributed by atoms with E-state index in [1.165, 1.54) is 11.8 Å². The zero-order valence-electron chi connectivity index (χ0n) is 9.92. The molecule has 0 radical (unpaired) electrons. The molecule has 0 unspecified atom stereocenters. The van der Waals surface area contributed by atoms with Gasteiger partial charge in [-0.15, -0.1) is 0 Å². The molecule has 0 saturated heterocycles. The predicted molar refractivity (Wildman–Crippen MR) is 66.3 cm³/mol. The summed E-state index contributed by atoms with van der Waals surface area (Å²) in [7, 11) is -3.13. The van der Waals surface area contributed by atoms with Crippen molar-refractivity contribution in [1.29, 1.82) is 5.26 Å². The van der Waals surface area contributed by atoms with Crippen molar-refractivity contribution >= 4 is 9.84 Å². The minimum Gasteiger partial charge on any atom is -0.229 e. The molecule has 0 aliphatic heterocycles. The van der Waals surface area contributed by atoms with E-state index in [4.69, 9.17) is 5.26 Å². The highest BCUT2D eigenvalue weighted by atomic mass is 32.2. The van der Waals surface area contributed by atoms with E-state index in [2.05, 4.69) is 13.0 Å². The second kappa shape index (κ2) is 4.15. The van der Waals surface area contributed by atoms with Gasteiger partial charge in [-0.25, -0.2) is 8.42 Å². The number of benzene rings is 1. The Hall–Kier alpha value is -1.34. The molecule has 1 aromatic carbocycles. The van der Waals surface area contributed by atoms with E-state index in [-0.39, 0.29) is 11.8 Å². The van der Waals surface area contributed by atoms with Gasteiger partial charge in [0.25, 0.3) is 0 Å². The average Bonchev–Trinajstić information content (AvgIpc) is 3.03. The van der Waals surface area contributed by atoms with Crippen molar-refractivity contribution < 1.29 is 8.42 Å². The van der Waals surface area contributed by atoms with Crippen LogP contribution in [0, 0.1) is 17.2 Å². The first-order valence-corrected chi connectivity index (χ1v) is 7.61. The topological polar surface area (TPSA) is 57.9 Å². The highest BCUT2D eigenvalue weighted by Gasteiger charge is 2.57.